The molecule has 9 heteroatoms. The number of anilines is 1. The van der Waals surface area contributed by atoms with Gasteiger partial charge in [-0.05, 0) is 23.6 Å². The summed E-state index contributed by atoms with van der Waals surface area (Å²) in [5.74, 6) is -2.88. The van der Waals surface area contributed by atoms with Gasteiger partial charge in [-0.3, -0.25) is 19.4 Å². The number of imide groups is 1. The van der Waals surface area contributed by atoms with E-state index in [9.17, 15) is 18.4 Å². The van der Waals surface area contributed by atoms with Crippen molar-refractivity contribution in [1.82, 2.24) is 9.80 Å². The summed E-state index contributed by atoms with van der Waals surface area (Å²) in [4.78, 5) is 30.1. The Labute approximate surface area is 170 Å². The number of hydrogen-bond donors (Lipinski definition) is 1. The molecule has 0 saturated carbocycles. The number of nitrogens with zero attached hydrogens (tertiary/aromatic N) is 2. The molecule has 4 rings (SSSR count). The number of ether oxygens (including phenoxy) is 1. The van der Waals surface area contributed by atoms with E-state index in [1.54, 1.807) is 12.1 Å². The number of halogens is 2. The van der Waals surface area contributed by atoms with E-state index in [-0.39, 0.29) is 23.5 Å². The van der Waals surface area contributed by atoms with E-state index in [0.717, 1.165) is 25.2 Å². The van der Waals surface area contributed by atoms with Gasteiger partial charge >= 0.3 is 0 Å². The lowest BCUT2D eigenvalue weighted by molar-refractivity contribution is -0.137. The van der Waals surface area contributed by atoms with Crippen LogP contribution in [0, 0.1) is 11.6 Å². The molecule has 152 valence electrons. The minimum Gasteiger partial charge on any atom is -0.379 e. The van der Waals surface area contributed by atoms with Gasteiger partial charge in [0.15, 0.2) is 11.6 Å². The third-order valence-corrected chi connectivity index (χ3v) is 5.76. The fraction of sp³-hybridized carbons (Fsp3) is 0.300. The summed E-state index contributed by atoms with van der Waals surface area (Å²) >= 11 is 1.34. The maximum atomic E-state index is 13.6. The molecule has 0 spiro atoms. The first-order valence-electron chi connectivity index (χ1n) is 9.21. The van der Waals surface area contributed by atoms with Crippen LogP contribution in [0.15, 0.2) is 41.4 Å². The zero-order chi connectivity index (χ0) is 20.4. The highest BCUT2D eigenvalue weighted by Gasteiger charge is 2.39. The van der Waals surface area contributed by atoms with E-state index < -0.39 is 23.4 Å². The van der Waals surface area contributed by atoms with E-state index >= 15 is 0 Å². The molecule has 1 aromatic carbocycles. The van der Waals surface area contributed by atoms with E-state index in [1.807, 2.05) is 5.38 Å². The minimum absolute atomic E-state index is 0.0745. The zero-order valence-corrected chi connectivity index (χ0v) is 16.3. The summed E-state index contributed by atoms with van der Waals surface area (Å²) in [6.45, 7) is 3.56. The van der Waals surface area contributed by atoms with Crippen molar-refractivity contribution in [3.8, 4) is 0 Å². The molecule has 1 fully saturated rings. The summed E-state index contributed by atoms with van der Waals surface area (Å²) in [6.07, 6.45) is 0. The van der Waals surface area contributed by atoms with Crippen LogP contribution in [0.3, 0.4) is 0 Å². The van der Waals surface area contributed by atoms with Gasteiger partial charge in [-0.25, -0.2) is 8.78 Å². The van der Waals surface area contributed by atoms with Gasteiger partial charge in [0.1, 0.15) is 5.70 Å². The highest BCUT2D eigenvalue weighted by atomic mass is 32.1. The Balaban J connectivity index is 1.59. The molecule has 0 aliphatic carbocycles. The molecular formula is C20H19F2N3O3S. The fourth-order valence-corrected chi connectivity index (χ4v) is 4.10. The number of carbonyl (C=O) groups excluding carboxylic acids is 2. The van der Waals surface area contributed by atoms with E-state index in [1.165, 1.54) is 22.3 Å². The normalized spacial score (nSPS) is 18.1. The predicted octanol–water partition coefficient (Wildman–Crippen LogP) is 2.55. The van der Waals surface area contributed by atoms with Crippen molar-refractivity contribution < 1.29 is 23.1 Å². The largest absolute Gasteiger partial charge is 0.379 e. The smallest absolute Gasteiger partial charge is 0.278 e. The summed E-state index contributed by atoms with van der Waals surface area (Å²) in [6, 6.07) is 6.80. The molecule has 2 aromatic rings. The average Bonchev–Trinajstić information content (AvgIpc) is 3.32. The first-order chi connectivity index (χ1) is 14.0. The molecule has 1 saturated heterocycles. The number of thiophene rings is 1. The lowest BCUT2D eigenvalue weighted by Gasteiger charge is -2.28. The molecule has 29 heavy (non-hydrogen) atoms. The maximum absolute atomic E-state index is 13.6. The number of benzene rings is 1. The third-order valence-electron chi connectivity index (χ3n) is 4.87. The van der Waals surface area contributed by atoms with Gasteiger partial charge in [-0.1, -0.05) is 6.07 Å². The summed E-state index contributed by atoms with van der Waals surface area (Å²) < 4.78 is 32.1. The third kappa shape index (κ3) is 4.07. The van der Waals surface area contributed by atoms with Crippen LogP contribution >= 0.6 is 11.3 Å². The number of morpholine rings is 1. The summed E-state index contributed by atoms with van der Waals surface area (Å²) in [5.41, 5.74) is 0.520. The first-order valence-corrected chi connectivity index (χ1v) is 10.1. The van der Waals surface area contributed by atoms with Crippen molar-refractivity contribution in [3.63, 3.8) is 0 Å². The predicted molar refractivity (Wildman–Crippen MR) is 105 cm³/mol. The monoisotopic (exact) mass is 419 g/mol. The Bertz CT molecular complexity index is 956. The lowest BCUT2D eigenvalue weighted by atomic mass is 10.2. The highest BCUT2D eigenvalue weighted by molar-refractivity contribution is 7.11. The SMILES string of the molecule is O=C1C(Nc2ccc(F)c(F)c2)=C(c2cccs2)C(=O)N1CCN1CCOCC1. The number of amides is 2. The second-order valence-corrected chi connectivity index (χ2v) is 7.64. The van der Waals surface area contributed by atoms with Crippen LogP contribution in [0.2, 0.25) is 0 Å². The first kappa shape index (κ1) is 19.7. The summed E-state index contributed by atoms with van der Waals surface area (Å²) in [5, 5.41) is 4.64. The van der Waals surface area contributed by atoms with Crippen molar-refractivity contribution in [2.75, 3.05) is 44.7 Å². The van der Waals surface area contributed by atoms with Crippen molar-refractivity contribution in [2.24, 2.45) is 0 Å². The van der Waals surface area contributed by atoms with Gasteiger partial charge in [0.2, 0.25) is 0 Å². The molecule has 2 aliphatic rings. The van der Waals surface area contributed by atoms with Crippen LogP contribution in [-0.2, 0) is 14.3 Å². The van der Waals surface area contributed by atoms with Crippen molar-refractivity contribution in [1.29, 1.82) is 0 Å². The van der Waals surface area contributed by atoms with Crippen LogP contribution in [0.25, 0.3) is 5.57 Å². The van der Waals surface area contributed by atoms with E-state index in [4.69, 9.17) is 4.74 Å². The van der Waals surface area contributed by atoms with Crippen LogP contribution in [0.5, 0.6) is 0 Å². The maximum Gasteiger partial charge on any atom is 0.278 e. The molecule has 2 amide bonds. The summed E-state index contributed by atoms with van der Waals surface area (Å²) in [7, 11) is 0. The average molecular weight is 419 g/mol. The number of nitrogens with one attached hydrogen (secondary N) is 1. The molecule has 6 nitrogen and oxygen atoms in total. The van der Waals surface area contributed by atoms with Crippen LogP contribution in [0.4, 0.5) is 14.5 Å². The van der Waals surface area contributed by atoms with Crippen molar-refractivity contribution in [3.05, 3.63) is 57.9 Å². The lowest BCUT2D eigenvalue weighted by Crippen LogP contribution is -2.43. The van der Waals surface area contributed by atoms with Gasteiger partial charge in [-0.2, -0.15) is 0 Å². The molecule has 2 aliphatic heterocycles. The molecule has 3 heterocycles. The number of carbonyl (C=O) groups is 2. The Morgan fingerprint density at radius 1 is 1.03 bits per heavy atom. The molecule has 1 aromatic heterocycles. The minimum atomic E-state index is -1.03. The zero-order valence-electron chi connectivity index (χ0n) is 15.5. The quantitative estimate of drug-likeness (QED) is 0.730. The molecule has 1 N–H and O–H groups in total. The van der Waals surface area contributed by atoms with Crippen LogP contribution in [0.1, 0.15) is 4.88 Å². The van der Waals surface area contributed by atoms with Gasteiger partial charge < -0.3 is 10.1 Å². The number of rotatable bonds is 6. The Kier molecular flexibility index (Phi) is 5.70. The molecule has 0 bridgehead atoms. The molecule has 0 atom stereocenters. The van der Waals surface area contributed by atoms with E-state index in [2.05, 4.69) is 10.2 Å². The second-order valence-electron chi connectivity index (χ2n) is 6.70. The highest BCUT2D eigenvalue weighted by Crippen LogP contribution is 2.33. The van der Waals surface area contributed by atoms with Gasteiger partial charge in [0, 0.05) is 42.8 Å². The van der Waals surface area contributed by atoms with Gasteiger partial charge in [-0.15, -0.1) is 11.3 Å². The molecular weight excluding hydrogens is 400 g/mol. The van der Waals surface area contributed by atoms with Crippen LogP contribution in [-0.4, -0.2) is 61.0 Å². The molecule has 0 radical (unpaired) electrons. The standard InChI is InChI=1S/C20H19F2N3O3S/c21-14-4-3-13(12-15(14)22)23-18-17(16-2-1-11-29-16)19(26)25(20(18)27)6-5-24-7-9-28-10-8-24/h1-4,11-12,23H,5-10H2. The fourth-order valence-electron chi connectivity index (χ4n) is 3.33. The topological polar surface area (TPSA) is 61.9 Å². The van der Waals surface area contributed by atoms with Crippen molar-refractivity contribution in [2.45, 2.75) is 0 Å². The van der Waals surface area contributed by atoms with Crippen molar-refractivity contribution >= 4 is 34.4 Å². The van der Waals surface area contributed by atoms with Gasteiger partial charge in [0.25, 0.3) is 11.8 Å². The van der Waals surface area contributed by atoms with Gasteiger partial charge in [0.05, 0.1) is 18.8 Å². The van der Waals surface area contributed by atoms with E-state index in [0.29, 0.717) is 24.6 Å². The molecule has 0 unspecified atom stereocenters. The van der Waals surface area contributed by atoms with Crippen LogP contribution < -0.4 is 5.32 Å². The Morgan fingerprint density at radius 2 is 1.83 bits per heavy atom. The number of hydrogen-bond acceptors (Lipinski definition) is 6. The second kappa shape index (κ2) is 8.40. The Morgan fingerprint density at radius 3 is 2.52 bits per heavy atom. The Hall–Kier alpha value is -2.62.